The third-order valence-electron chi connectivity index (χ3n) is 3.04. The monoisotopic (exact) mass is 334 g/mol. The second-order valence-electron chi connectivity index (χ2n) is 5.01. The van der Waals surface area contributed by atoms with E-state index in [1.54, 1.807) is 0 Å². The zero-order valence-corrected chi connectivity index (χ0v) is 13.8. The summed E-state index contributed by atoms with van der Waals surface area (Å²) in [5, 5.41) is 11.1. The molecule has 8 heteroatoms. The standard InChI is InChI=1S/C14H26N2O5S/c1-2-3-4-5-8-21-14(20)11(9-22)16-12(17)7-6-10(15)13(18)19/h10-11,22H,2-9,15H2,1H3,(H,16,17)(H,18,19)/t10-,11-/m0/s1. The average Bonchev–Trinajstić information content (AvgIpc) is 2.49. The lowest BCUT2D eigenvalue weighted by atomic mass is 10.1. The van der Waals surface area contributed by atoms with Crippen molar-refractivity contribution in [1.29, 1.82) is 0 Å². The Balaban J connectivity index is 4.04. The van der Waals surface area contributed by atoms with Crippen LogP contribution in [0.2, 0.25) is 0 Å². The van der Waals surface area contributed by atoms with Gasteiger partial charge in [0.2, 0.25) is 5.91 Å². The Hall–Kier alpha value is -1.28. The summed E-state index contributed by atoms with van der Waals surface area (Å²) >= 11 is 4.02. The minimum Gasteiger partial charge on any atom is -0.480 e. The Morgan fingerprint density at radius 2 is 1.95 bits per heavy atom. The molecule has 0 heterocycles. The molecule has 0 saturated heterocycles. The van der Waals surface area contributed by atoms with Crippen LogP contribution < -0.4 is 11.1 Å². The van der Waals surface area contributed by atoms with Crippen molar-refractivity contribution in [2.45, 2.75) is 57.5 Å². The second-order valence-corrected chi connectivity index (χ2v) is 5.38. The van der Waals surface area contributed by atoms with Gasteiger partial charge in [0, 0.05) is 12.2 Å². The van der Waals surface area contributed by atoms with Crippen LogP contribution in [-0.4, -0.2) is 47.4 Å². The molecule has 0 aliphatic carbocycles. The molecule has 2 atom stereocenters. The second kappa shape index (κ2) is 12.3. The number of ether oxygens (including phenoxy) is 1. The molecule has 0 aromatic carbocycles. The number of hydrogen-bond acceptors (Lipinski definition) is 6. The van der Waals surface area contributed by atoms with E-state index in [4.69, 9.17) is 15.6 Å². The van der Waals surface area contributed by atoms with Crippen molar-refractivity contribution in [3.05, 3.63) is 0 Å². The molecule has 1 amide bonds. The maximum absolute atomic E-state index is 11.8. The van der Waals surface area contributed by atoms with Gasteiger partial charge < -0.3 is 20.9 Å². The van der Waals surface area contributed by atoms with Crippen LogP contribution in [0, 0.1) is 0 Å². The molecule has 0 saturated carbocycles. The van der Waals surface area contributed by atoms with Crippen molar-refractivity contribution in [2.75, 3.05) is 12.4 Å². The van der Waals surface area contributed by atoms with Crippen molar-refractivity contribution in [2.24, 2.45) is 5.73 Å². The smallest absolute Gasteiger partial charge is 0.329 e. The first-order valence-electron chi connectivity index (χ1n) is 7.47. The SMILES string of the molecule is CCCCCCOC(=O)[C@H](CS)NC(=O)CC[C@H](N)C(=O)O. The van der Waals surface area contributed by atoms with E-state index in [1.165, 1.54) is 0 Å². The Morgan fingerprint density at radius 3 is 2.50 bits per heavy atom. The third kappa shape index (κ3) is 9.62. The molecular formula is C14H26N2O5S. The fourth-order valence-corrected chi connectivity index (χ4v) is 1.90. The summed E-state index contributed by atoms with van der Waals surface area (Å²) < 4.78 is 5.08. The zero-order chi connectivity index (χ0) is 17.0. The summed E-state index contributed by atoms with van der Waals surface area (Å²) in [5.41, 5.74) is 5.31. The van der Waals surface area contributed by atoms with Crippen LogP contribution in [0.25, 0.3) is 0 Å². The number of nitrogens with one attached hydrogen (secondary N) is 1. The maximum Gasteiger partial charge on any atom is 0.329 e. The highest BCUT2D eigenvalue weighted by atomic mass is 32.1. The number of hydrogen-bond donors (Lipinski definition) is 4. The molecule has 128 valence electrons. The highest BCUT2D eigenvalue weighted by Crippen LogP contribution is 2.02. The van der Waals surface area contributed by atoms with E-state index < -0.39 is 29.9 Å². The Labute approximate surface area is 136 Å². The van der Waals surface area contributed by atoms with Crippen LogP contribution in [0.1, 0.15) is 45.4 Å². The van der Waals surface area contributed by atoms with E-state index in [0.717, 1.165) is 25.7 Å². The molecule has 7 nitrogen and oxygen atoms in total. The number of unbranched alkanes of at least 4 members (excludes halogenated alkanes) is 3. The fourth-order valence-electron chi connectivity index (χ4n) is 1.66. The molecule has 0 spiro atoms. The predicted molar refractivity (Wildman–Crippen MR) is 85.7 cm³/mol. The van der Waals surface area contributed by atoms with Crippen molar-refractivity contribution < 1.29 is 24.2 Å². The Bertz CT molecular complexity index is 365. The van der Waals surface area contributed by atoms with Gasteiger partial charge in [-0.05, 0) is 12.8 Å². The van der Waals surface area contributed by atoms with Crippen LogP contribution >= 0.6 is 12.6 Å². The Morgan fingerprint density at radius 1 is 1.27 bits per heavy atom. The summed E-state index contributed by atoms with van der Waals surface area (Å²) in [6.45, 7) is 2.41. The first kappa shape index (κ1) is 20.7. The molecule has 0 bridgehead atoms. The van der Waals surface area contributed by atoms with E-state index in [2.05, 4.69) is 24.9 Å². The lowest BCUT2D eigenvalue weighted by molar-refractivity contribution is -0.147. The van der Waals surface area contributed by atoms with Gasteiger partial charge in [-0.3, -0.25) is 9.59 Å². The number of thiol groups is 1. The first-order chi connectivity index (χ1) is 10.4. The molecule has 0 aromatic rings. The van der Waals surface area contributed by atoms with E-state index >= 15 is 0 Å². The van der Waals surface area contributed by atoms with Crippen molar-refractivity contribution >= 4 is 30.5 Å². The van der Waals surface area contributed by atoms with E-state index in [9.17, 15) is 14.4 Å². The molecule has 0 rings (SSSR count). The quantitative estimate of drug-likeness (QED) is 0.237. The lowest BCUT2D eigenvalue weighted by Crippen LogP contribution is -2.44. The summed E-state index contributed by atoms with van der Waals surface area (Å²) in [7, 11) is 0. The molecule has 0 aliphatic heterocycles. The maximum atomic E-state index is 11.8. The van der Waals surface area contributed by atoms with Crippen LogP contribution in [0.4, 0.5) is 0 Å². The van der Waals surface area contributed by atoms with E-state index in [-0.39, 0.29) is 18.6 Å². The number of amides is 1. The minimum absolute atomic E-state index is 0.00647. The van der Waals surface area contributed by atoms with Crippen molar-refractivity contribution in [3.8, 4) is 0 Å². The molecule has 4 N–H and O–H groups in total. The number of carboxylic acids is 1. The fraction of sp³-hybridized carbons (Fsp3) is 0.786. The van der Waals surface area contributed by atoms with Gasteiger partial charge in [0.25, 0.3) is 0 Å². The molecule has 0 unspecified atom stereocenters. The van der Waals surface area contributed by atoms with Gasteiger partial charge in [0.1, 0.15) is 12.1 Å². The van der Waals surface area contributed by atoms with Gasteiger partial charge in [-0.15, -0.1) is 0 Å². The van der Waals surface area contributed by atoms with E-state index in [1.807, 2.05) is 0 Å². The lowest BCUT2D eigenvalue weighted by Gasteiger charge is -2.16. The van der Waals surface area contributed by atoms with Crippen LogP contribution in [0.3, 0.4) is 0 Å². The van der Waals surface area contributed by atoms with Gasteiger partial charge >= 0.3 is 11.9 Å². The largest absolute Gasteiger partial charge is 0.480 e. The number of rotatable bonds is 12. The zero-order valence-electron chi connectivity index (χ0n) is 12.9. The van der Waals surface area contributed by atoms with Gasteiger partial charge in [-0.1, -0.05) is 26.2 Å². The van der Waals surface area contributed by atoms with Crippen LogP contribution in [0.15, 0.2) is 0 Å². The van der Waals surface area contributed by atoms with Gasteiger partial charge in [-0.25, -0.2) is 4.79 Å². The number of aliphatic carboxylic acids is 1. The summed E-state index contributed by atoms with van der Waals surface area (Å²) in [4.78, 5) is 34.0. The van der Waals surface area contributed by atoms with Gasteiger partial charge in [-0.2, -0.15) is 12.6 Å². The van der Waals surface area contributed by atoms with Crippen LogP contribution in [0.5, 0.6) is 0 Å². The van der Waals surface area contributed by atoms with Crippen molar-refractivity contribution in [3.63, 3.8) is 0 Å². The first-order valence-corrected chi connectivity index (χ1v) is 8.10. The summed E-state index contributed by atoms with van der Waals surface area (Å²) in [5.74, 6) is -2.02. The average molecular weight is 334 g/mol. The number of carbonyl (C=O) groups is 3. The summed E-state index contributed by atoms with van der Waals surface area (Å²) in [6.07, 6.45) is 3.92. The minimum atomic E-state index is -1.16. The molecule has 0 aromatic heterocycles. The molecule has 22 heavy (non-hydrogen) atoms. The number of esters is 1. The number of carbonyl (C=O) groups excluding carboxylic acids is 2. The Kier molecular flexibility index (Phi) is 11.6. The van der Waals surface area contributed by atoms with Crippen molar-refractivity contribution in [1.82, 2.24) is 5.32 Å². The normalized spacial score (nSPS) is 13.2. The van der Waals surface area contributed by atoms with E-state index in [0.29, 0.717) is 6.61 Å². The van der Waals surface area contributed by atoms with Crippen LogP contribution in [-0.2, 0) is 19.1 Å². The highest BCUT2D eigenvalue weighted by molar-refractivity contribution is 7.80. The van der Waals surface area contributed by atoms with Gasteiger partial charge in [0.15, 0.2) is 0 Å². The molecule has 0 fully saturated rings. The molecule has 0 aliphatic rings. The summed E-state index contributed by atoms with van der Waals surface area (Å²) in [6, 6.07) is -1.92. The molecular weight excluding hydrogens is 308 g/mol. The highest BCUT2D eigenvalue weighted by Gasteiger charge is 2.21. The topological polar surface area (TPSA) is 119 Å². The third-order valence-corrected chi connectivity index (χ3v) is 3.41. The predicted octanol–water partition coefficient (Wildman–Crippen LogP) is 0.717. The number of carboxylic acid groups (broad SMARTS) is 1. The number of nitrogens with two attached hydrogens (primary N) is 1. The molecule has 0 radical (unpaired) electrons. The van der Waals surface area contributed by atoms with Gasteiger partial charge in [0.05, 0.1) is 6.61 Å².